The van der Waals surface area contributed by atoms with E-state index in [1.54, 1.807) is 7.05 Å². The lowest BCUT2D eigenvalue weighted by Crippen LogP contribution is -2.39. The number of rotatable bonds is 9. The van der Waals surface area contributed by atoms with Crippen molar-refractivity contribution < 1.29 is 9.53 Å². The third-order valence-electron chi connectivity index (χ3n) is 3.91. The average Bonchev–Trinajstić information content (AvgIpc) is 2.72. The maximum atomic E-state index is 11.7. The van der Waals surface area contributed by atoms with Crippen molar-refractivity contribution in [3.63, 3.8) is 0 Å². The number of benzene rings is 2. The Bertz CT molecular complexity index is 785. The molecule has 2 aromatic carbocycles. The molecule has 29 heavy (non-hydrogen) atoms. The Kier molecular flexibility index (Phi) is 12.4. The van der Waals surface area contributed by atoms with Crippen LogP contribution in [-0.2, 0) is 6.42 Å². The van der Waals surface area contributed by atoms with Gasteiger partial charge in [-0.25, -0.2) is 0 Å². The van der Waals surface area contributed by atoms with Crippen LogP contribution >= 0.6 is 39.9 Å². The first-order valence-electron chi connectivity index (χ1n) is 9.34. The lowest BCUT2D eigenvalue weighted by atomic mass is 10.1. The van der Waals surface area contributed by atoms with E-state index in [9.17, 15) is 4.79 Å². The SMILES string of the molecule is CCNC(=NCCc1cccc(C(=O)NC)c1)NCCOc1ccc(Br)cc1.I. The molecular formula is C21H28BrIN4O2. The minimum Gasteiger partial charge on any atom is -0.492 e. The van der Waals surface area contributed by atoms with Gasteiger partial charge in [0.2, 0.25) is 0 Å². The van der Waals surface area contributed by atoms with Crippen LogP contribution in [0.25, 0.3) is 0 Å². The third kappa shape index (κ3) is 9.49. The van der Waals surface area contributed by atoms with Gasteiger partial charge in [0, 0.05) is 30.2 Å². The fourth-order valence-corrected chi connectivity index (χ4v) is 2.78. The predicted molar refractivity (Wildman–Crippen MR) is 133 cm³/mol. The minimum atomic E-state index is -0.0777. The molecule has 3 N–H and O–H groups in total. The van der Waals surface area contributed by atoms with Gasteiger partial charge in [0.25, 0.3) is 5.91 Å². The van der Waals surface area contributed by atoms with Crippen LogP contribution in [0.4, 0.5) is 0 Å². The number of halogens is 2. The number of carbonyl (C=O) groups is 1. The Morgan fingerprint density at radius 3 is 2.59 bits per heavy atom. The largest absolute Gasteiger partial charge is 0.492 e. The van der Waals surface area contributed by atoms with Gasteiger partial charge < -0.3 is 20.7 Å². The van der Waals surface area contributed by atoms with Crippen LogP contribution < -0.4 is 20.7 Å². The molecule has 2 aromatic rings. The van der Waals surface area contributed by atoms with Gasteiger partial charge in [-0.1, -0.05) is 28.1 Å². The summed E-state index contributed by atoms with van der Waals surface area (Å²) in [6, 6.07) is 15.4. The van der Waals surface area contributed by atoms with Crippen molar-refractivity contribution >= 4 is 51.8 Å². The number of ether oxygens (including phenoxy) is 1. The summed E-state index contributed by atoms with van der Waals surface area (Å²) in [6.07, 6.45) is 0.761. The molecule has 0 radical (unpaired) electrons. The Morgan fingerprint density at radius 1 is 1.14 bits per heavy atom. The second-order valence-electron chi connectivity index (χ2n) is 6.02. The third-order valence-corrected chi connectivity index (χ3v) is 4.44. The van der Waals surface area contributed by atoms with Crippen LogP contribution in [0.3, 0.4) is 0 Å². The highest BCUT2D eigenvalue weighted by Crippen LogP contribution is 2.15. The number of hydrogen-bond acceptors (Lipinski definition) is 3. The fourth-order valence-electron chi connectivity index (χ4n) is 2.52. The van der Waals surface area contributed by atoms with E-state index in [1.807, 2.05) is 55.5 Å². The molecule has 0 saturated carbocycles. The summed E-state index contributed by atoms with van der Waals surface area (Å²) in [7, 11) is 1.63. The number of amides is 1. The zero-order chi connectivity index (χ0) is 20.2. The van der Waals surface area contributed by atoms with Crippen LogP contribution in [0.2, 0.25) is 0 Å². The summed E-state index contributed by atoms with van der Waals surface area (Å²) in [5.74, 6) is 1.51. The van der Waals surface area contributed by atoms with E-state index in [0.717, 1.165) is 34.7 Å². The summed E-state index contributed by atoms with van der Waals surface area (Å²) in [5, 5.41) is 9.14. The molecule has 2 rings (SSSR count). The van der Waals surface area contributed by atoms with Crippen molar-refractivity contribution in [1.29, 1.82) is 0 Å². The molecule has 0 atom stereocenters. The summed E-state index contributed by atoms with van der Waals surface area (Å²) in [6.45, 7) is 4.63. The normalized spacial score (nSPS) is 10.7. The van der Waals surface area contributed by atoms with E-state index >= 15 is 0 Å². The van der Waals surface area contributed by atoms with E-state index < -0.39 is 0 Å². The van der Waals surface area contributed by atoms with Crippen LogP contribution in [0.5, 0.6) is 5.75 Å². The van der Waals surface area contributed by atoms with E-state index in [2.05, 4.69) is 36.9 Å². The molecule has 158 valence electrons. The van der Waals surface area contributed by atoms with Crippen LogP contribution in [0, 0.1) is 0 Å². The molecule has 0 unspecified atom stereocenters. The molecule has 0 bridgehead atoms. The number of aliphatic imine (C=N–C) groups is 1. The zero-order valence-electron chi connectivity index (χ0n) is 16.7. The summed E-state index contributed by atoms with van der Waals surface area (Å²) >= 11 is 3.41. The van der Waals surface area contributed by atoms with Crippen LogP contribution in [0.1, 0.15) is 22.8 Å². The quantitative estimate of drug-likeness (QED) is 0.185. The van der Waals surface area contributed by atoms with E-state index in [4.69, 9.17) is 4.74 Å². The molecule has 0 aliphatic rings. The molecule has 0 aromatic heterocycles. The van der Waals surface area contributed by atoms with Gasteiger partial charge in [-0.2, -0.15) is 0 Å². The average molecular weight is 575 g/mol. The smallest absolute Gasteiger partial charge is 0.251 e. The van der Waals surface area contributed by atoms with Crippen molar-refractivity contribution in [2.24, 2.45) is 4.99 Å². The molecule has 0 aliphatic carbocycles. The molecule has 0 saturated heterocycles. The second kappa shape index (κ2) is 14.2. The van der Waals surface area contributed by atoms with Gasteiger partial charge in [-0.15, -0.1) is 24.0 Å². The first-order chi connectivity index (χ1) is 13.6. The number of hydrogen-bond donors (Lipinski definition) is 3. The van der Waals surface area contributed by atoms with E-state index in [0.29, 0.717) is 25.3 Å². The van der Waals surface area contributed by atoms with Gasteiger partial charge in [-0.05, 0) is 55.3 Å². The number of guanidine groups is 1. The van der Waals surface area contributed by atoms with Gasteiger partial charge in [-0.3, -0.25) is 9.79 Å². The highest BCUT2D eigenvalue weighted by Gasteiger charge is 2.04. The molecule has 0 aliphatic heterocycles. The highest BCUT2D eigenvalue weighted by molar-refractivity contribution is 14.0. The molecule has 1 amide bonds. The van der Waals surface area contributed by atoms with Crippen LogP contribution in [0.15, 0.2) is 58.0 Å². The number of carbonyl (C=O) groups excluding carboxylic acids is 1. The summed E-state index contributed by atoms with van der Waals surface area (Å²) in [5.41, 5.74) is 1.75. The van der Waals surface area contributed by atoms with Crippen molar-refractivity contribution in [2.45, 2.75) is 13.3 Å². The molecule has 0 fully saturated rings. The summed E-state index contributed by atoms with van der Waals surface area (Å²) in [4.78, 5) is 16.3. The van der Waals surface area contributed by atoms with Crippen LogP contribution in [-0.4, -0.2) is 45.2 Å². The van der Waals surface area contributed by atoms with Crippen molar-refractivity contribution in [1.82, 2.24) is 16.0 Å². The fraction of sp³-hybridized carbons (Fsp3) is 0.333. The van der Waals surface area contributed by atoms with Gasteiger partial charge >= 0.3 is 0 Å². The van der Waals surface area contributed by atoms with Crippen molar-refractivity contribution in [3.05, 3.63) is 64.1 Å². The monoisotopic (exact) mass is 574 g/mol. The first-order valence-corrected chi connectivity index (χ1v) is 10.1. The molecule has 8 heteroatoms. The van der Waals surface area contributed by atoms with Crippen molar-refractivity contribution in [3.8, 4) is 5.75 Å². The molecular weight excluding hydrogens is 547 g/mol. The lowest BCUT2D eigenvalue weighted by Gasteiger charge is -2.12. The highest BCUT2D eigenvalue weighted by atomic mass is 127. The topological polar surface area (TPSA) is 74.8 Å². The Balaban J connectivity index is 0.00000420. The Hall–Kier alpha value is -1.81. The molecule has 6 nitrogen and oxygen atoms in total. The standard InChI is InChI=1S/C21H27BrN4O2.HI/c1-3-24-21(26-13-14-28-19-9-7-18(22)8-10-19)25-12-11-16-5-4-6-17(15-16)20(27)23-2;/h4-10,15H,3,11-14H2,1-2H3,(H,23,27)(H2,24,25,26);1H. The maximum Gasteiger partial charge on any atom is 0.251 e. The first kappa shape index (κ1) is 25.2. The lowest BCUT2D eigenvalue weighted by molar-refractivity contribution is 0.0963. The van der Waals surface area contributed by atoms with Crippen molar-refractivity contribution in [2.75, 3.05) is 33.3 Å². The van der Waals surface area contributed by atoms with Gasteiger partial charge in [0.15, 0.2) is 5.96 Å². The predicted octanol–water partition coefficient (Wildman–Crippen LogP) is 3.60. The molecule has 0 heterocycles. The maximum absolute atomic E-state index is 11.7. The molecule has 0 spiro atoms. The van der Waals surface area contributed by atoms with E-state index in [1.165, 1.54) is 0 Å². The summed E-state index contributed by atoms with van der Waals surface area (Å²) < 4.78 is 6.73. The Morgan fingerprint density at radius 2 is 1.90 bits per heavy atom. The second-order valence-corrected chi connectivity index (χ2v) is 6.93. The zero-order valence-corrected chi connectivity index (χ0v) is 20.6. The van der Waals surface area contributed by atoms with Gasteiger partial charge in [0.05, 0.1) is 6.54 Å². The Labute approximate surface area is 198 Å². The number of nitrogens with one attached hydrogen (secondary N) is 3. The van der Waals surface area contributed by atoms with E-state index in [-0.39, 0.29) is 29.9 Å². The minimum absolute atomic E-state index is 0. The van der Waals surface area contributed by atoms with Gasteiger partial charge in [0.1, 0.15) is 12.4 Å². The number of nitrogens with zero attached hydrogens (tertiary/aromatic N) is 1.